The van der Waals surface area contributed by atoms with E-state index in [4.69, 9.17) is 16.3 Å². The Morgan fingerprint density at radius 2 is 1.79 bits per heavy atom. The molecular weight excluding hydrogens is 442 g/mol. The van der Waals surface area contributed by atoms with Gasteiger partial charge in [-0.05, 0) is 48.0 Å². The standard InChI is InChI=1S/C25H20ClN3O4/c26-18-10-8-16(9-11-18)24(31)29-22(25(32)33-15-19-5-3-4-12-27-19)13-17-14-23(30)28-21-7-2-1-6-20(17)21/h1-12,14,22H,13,15H2,(H,28,30)(H,29,31). The van der Waals surface area contributed by atoms with Crippen LogP contribution in [0.2, 0.25) is 5.02 Å². The van der Waals surface area contributed by atoms with Crippen LogP contribution in [0.25, 0.3) is 10.9 Å². The summed E-state index contributed by atoms with van der Waals surface area (Å²) in [6.45, 7) is -0.0386. The Labute approximate surface area is 194 Å². The van der Waals surface area contributed by atoms with E-state index in [1.165, 1.54) is 6.07 Å². The van der Waals surface area contributed by atoms with Gasteiger partial charge in [-0.1, -0.05) is 35.9 Å². The summed E-state index contributed by atoms with van der Waals surface area (Å²) in [5, 5.41) is 4.00. The summed E-state index contributed by atoms with van der Waals surface area (Å²) in [5.41, 5.74) is 1.89. The van der Waals surface area contributed by atoms with Crippen LogP contribution in [0.4, 0.5) is 0 Å². The first-order valence-electron chi connectivity index (χ1n) is 10.2. The van der Waals surface area contributed by atoms with Crippen molar-refractivity contribution in [3.8, 4) is 0 Å². The van der Waals surface area contributed by atoms with Gasteiger partial charge < -0.3 is 15.0 Å². The molecule has 0 fully saturated rings. The molecule has 0 saturated heterocycles. The minimum absolute atomic E-state index is 0.0386. The number of aromatic nitrogens is 2. The zero-order valence-electron chi connectivity index (χ0n) is 17.5. The number of ether oxygens (including phenoxy) is 1. The first kappa shape index (κ1) is 22.2. The predicted octanol–water partition coefficient (Wildman–Crippen LogP) is 3.66. The Balaban J connectivity index is 1.60. The third-order valence-electron chi connectivity index (χ3n) is 5.04. The molecule has 0 aliphatic rings. The molecule has 166 valence electrons. The fourth-order valence-electron chi connectivity index (χ4n) is 3.43. The fraction of sp³-hybridized carbons (Fsp3) is 0.120. The molecule has 4 aromatic rings. The van der Waals surface area contributed by atoms with Gasteiger partial charge >= 0.3 is 5.97 Å². The molecule has 0 aliphatic heterocycles. The van der Waals surface area contributed by atoms with Gasteiger partial charge in [0.05, 0.1) is 5.69 Å². The number of benzene rings is 2. The average molecular weight is 462 g/mol. The Kier molecular flexibility index (Phi) is 6.80. The highest BCUT2D eigenvalue weighted by molar-refractivity contribution is 6.30. The lowest BCUT2D eigenvalue weighted by Gasteiger charge is -2.19. The van der Waals surface area contributed by atoms with Gasteiger partial charge in [0, 0.05) is 40.2 Å². The van der Waals surface area contributed by atoms with Crippen molar-refractivity contribution in [1.29, 1.82) is 0 Å². The maximum atomic E-state index is 13.0. The lowest BCUT2D eigenvalue weighted by Crippen LogP contribution is -2.43. The van der Waals surface area contributed by atoms with Crippen molar-refractivity contribution in [3.05, 3.63) is 111 Å². The summed E-state index contributed by atoms with van der Waals surface area (Å²) in [5.74, 6) is -1.09. The number of carbonyl (C=O) groups excluding carboxylic acids is 2. The highest BCUT2D eigenvalue weighted by Crippen LogP contribution is 2.17. The van der Waals surface area contributed by atoms with E-state index in [1.807, 2.05) is 18.2 Å². The maximum Gasteiger partial charge on any atom is 0.329 e. The van der Waals surface area contributed by atoms with Crippen molar-refractivity contribution in [3.63, 3.8) is 0 Å². The molecular formula is C25H20ClN3O4. The lowest BCUT2D eigenvalue weighted by atomic mass is 10.0. The van der Waals surface area contributed by atoms with Gasteiger partial charge in [0.25, 0.3) is 5.91 Å². The van der Waals surface area contributed by atoms with Crippen molar-refractivity contribution >= 4 is 34.4 Å². The normalized spacial score (nSPS) is 11.7. The van der Waals surface area contributed by atoms with E-state index in [1.54, 1.807) is 54.7 Å². The molecule has 0 bridgehead atoms. The lowest BCUT2D eigenvalue weighted by molar-refractivity contribution is -0.147. The number of esters is 1. The smallest absolute Gasteiger partial charge is 0.329 e. The predicted molar refractivity (Wildman–Crippen MR) is 125 cm³/mol. The van der Waals surface area contributed by atoms with Crippen molar-refractivity contribution in [1.82, 2.24) is 15.3 Å². The zero-order chi connectivity index (χ0) is 23.2. The molecule has 1 atom stereocenters. The van der Waals surface area contributed by atoms with E-state index in [-0.39, 0.29) is 18.6 Å². The molecule has 2 aromatic carbocycles. The fourth-order valence-corrected chi connectivity index (χ4v) is 3.56. The second-order valence-electron chi connectivity index (χ2n) is 7.37. The van der Waals surface area contributed by atoms with Crippen LogP contribution >= 0.6 is 11.6 Å². The van der Waals surface area contributed by atoms with Gasteiger partial charge in [-0.25, -0.2) is 4.79 Å². The van der Waals surface area contributed by atoms with E-state index in [0.29, 0.717) is 27.4 Å². The molecule has 2 N–H and O–H groups in total. The van der Waals surface area contributed by atoms with Crippen LogP contribution in [0.5, 0.6) is 0 Å². The summed E-state index contributed by atoms with van der Waals surface area (Å²) in [6, 6.07) is 19.3. The molecule has 4 rings (SSSR count). The minimum Gasteiger partial charge on any atom is -0.458 e. The number of aromatic amines is 1. The summed E-state index contributed by atoms with van der Waals surface area (Å²) in [7, 11) is 0. The number of halogens is 1. The van der Waals surface area contributed by atoms with E-state index in [9.17, 15) is 14.4 Å². The van der Waals surface area contributed by atoms with Crippen molar-refractivity contribution in [2.24, 2.45) is 0 Å². The van der Waals surface area contributed by atoms with Crippen molar-refractivity contribution < 1.29 is 14.3 Å². The molecule has 33 heavy (non-hydrogen) atoms. The minimum atomic E-state index is -1.03. The van der Waals surface area contributed by atoms with Crippen LogP contribution in [0, 0.1) is 0 Å². The highest BCUT2D eigenvalue weighted by Gasteiger charge is 2.25. The van der Waals surface area contributed by atoms with Crippen LogP contribution in [0.1, 0.15) is 21.6 Å². The molecule has 2 aromatic heterocycles. The average Bonchev–Trinajstić information content (AvgIpc) is 2.83. The summed E-state index contributed by atoms with van der Waals surface area (Å²) < 4.78 is 5.44. The topological polar surface area (TPSA) is 101 Å². The van der Waals surface area contributed by atoms with Gasteiger partial charge in [-0.3, -0.25) is 14.6 Å². The van der Waals surface area contributed by atoms with E-state index in [0.717, 1.165) is 5.39 Å². The van der Waals surface area contributed by atoms with Gasteiger partial charge in [0.2, 0.25) is 5.56 Å². The Bertz CT molecular complexity index is 1340. The van der Waals surface area contributed by atoms with Crippen molar-refractivity contribution in [2.75, 3.05) is 0 Å². The number of H-pyrrole nitrogens is 1. The third-order valence-corrected chi connectivity index (χ3v) is 5.30. The Morgan fingerprint density at radius 3 is 2.55 bits per heavy atom. The SMILES string of the molecule is O=C(NC(Cc1cc(=O)[nH]c2ccccc12)C(=O)OCc1ccccn1)c1ccc(Cl)cc1. The maximum absolute atomic E-state index is 13.0. The van der Waals surface area contributed by atoms with Gasteiger partial charge in [0.1, 0.15) is 12.6 Å². The zero-order valence-corrected chi connectivity index (χ0v) is 18.2. The first-order valence-corrected chi connectivity index (χ1v) is 10.6. The van der Waals surface area contributed by atoms with Crippen LogP contribution in [-0.2, 0) is 22.6 Å². The summed E-state index contributed by atoms with van der Waals surface area (Å²) in [6.07, 6.45) is 1.68. The molecule has 0 aliphatic carbocycles. The van der Waals surface area contributed by atoms with Gasteiger partial charge in [-0.15, -0.1) is 0 Å². The Morgan fingerprint density at radius 1 is 1.03 bits per heavy atom. The van der Waals surface area contributed by atoms with E-state index in [2.05, 4.69) is 15.3 Å². The number of hydrogen-bond acceptors (Lipinski definition) is 5. The van der Waals surface area contributed by atoms with Crippen molar-refractivity contribution in [2.45, 2.75) is 19.1 Å². The Hall–Kier alpha value is -3.97. The molecule has 1 unspecified atom stereocenters. The number of nitrogens with zero attached hydrogens (tertiary/aromatic N) is 1. The molecule has 0 radical (unpaired) electrons. The number of rotatable bonds is 7. The molecule has 0 spiro atoms. The van der Waals surface area contributed by atoms with Crippen LogP contribution in [0.15, 0.2) is 83.8 Å². The number of pyridine rings is 2. The van der Waals surface area contributed by atoms with Crippen LogP contribution < -0.4 is 10.9 Å². The van der Waals surface area contributed by atoms with Crippen LogP contribution in [-0.4, -0.2) is 27.9 Å². The summed E-state index contributed by atoms with van der Waals surface area (Å²) >= 11 is 5.91. The second-order valence-corrected chi connectivity index (χ2v) is 7.81. The highest BCUT2D eigenvalue weighted by atomic mass is 35.5. The number of para-hydroxylation sites is 1. The van der Waals surface area contributed by atoms with E-state index < -0.39 is 17.9 Å². The largest absolute Gasteiger partial charge is 0.458 e. The monoisotopic (exact) mass is 461 g/mol. The van der Waals surface area contributed by atoms with Crippen LogP contribution in [0.3, 0.4) is 0 Å². The number of fused-ring (bicyclic) bond motifs is 1. The summed E-state index contributed by atoms with van der Waals surface area (Å²) in [4.78, 5) is 44.9. The molecule has 1 amide bonds. The molecule has 2 heterocycles. The molecule has 0 saturated carbocycles. The third kappa shape index (κ3) is 5.64. The van der Waals surface area contributed by atoms with Gasteiger partial charge in [0.15, 0.2) is 0 Å². The quantitative estimate of drug-likeness (QED) is 0.409. The van der Waals surface area contributed by atoms with Gasteiger partial charge in [-0.2, -0.15) is 0 Å². The first-order chi connectivity index (χ1) is 16.0. The number of carbonyl (C=O) groups is 2. The van der Waals surface area contributed by atoms with E-state index >= 15 is 0 Å². The number of nitrogens with one attached hydrogen (secondary N) is 2. The molecule has 8 heteroatoms. The number of amides is 1. The molecule has 7 nitrogen and oxygen atoms in total. The second kappa shape index (κ2) is 10.1. The number of hydrogen-bond donors (Lipinski definition) is 2.